The van der Waals surface area contributed by atoms with E-state index in [0.717, 1.165) is 5.56 Å². The number of benzene rings is 1. The molecule has 6 nitrogen and oxygen atoms in total. The van der Waals surface area contributed by atoms with E-state index in [1.807, 2.05) is 19.1 Å². The van der Waals surface area contributed by atoms with Gasteiger partial charge in [-0.1, -0.05) is 12.1 Å². The molecular weight excluding hydrogens is 373 g/mol. The topological polar surface area (TPSA) is 66.0 Å². The van der Waals surface area contributed by atoms with Crippen LogP contribution in [-0.2, 0) is 11.2 Å². The number of halogens is 3. The molecule has 0 saturated carbocycles. The Kier molecular flexibility index (Phi) is 8.10. The number of hydrogen-bond donors (Lipinski definition) is 2. The predicted octanol–water partition coefficient (Wildman–Crippen LogP) is 2.21. The average Bonchev–Trinajstić information content (AvgIpc) is 3.06. The van der Waals surface area contributed by atoms with Crippen molar-refractivity contribution in [3.05, 3.63) is 35.4 Å². The molecular formula is C19H27F3N4O2. The zero-order valence-corrected chi connectivity index (χ0v) is 16.2. The highest BCUT2D eigenvalue weighted by molar-refractivity contribution is 5.89. The molecule has 2 N–H and O–H groups in total. The summed E-state index contributed by atoms with van der Waals surface area (Å²) in [5.41, 5.74) is 1.53. The summed E-state index contributed by atoms with van der Waals surface area (Å²) in [4.78, 5) is 17.4. The molecule has 2 rings (SSSR count). The van der Waals surface area contributed by atoms with E-state index in [1.165, 1.54) is 12.0 Å². The molecule has 0 bridgehead atoms. The highest BCUT2D eigenvalue weighted by atomic mass is 19.4. The van der Waals surface area contributed by atoms with Gasteiger partial charge in [0.15, 0.2) is 5.96 Å². The third-order valence-corrected chi connectivity index (χ3v) is 4.41. The minimum Gasteiger partial charge on any atom is -0.465 e. The van der Waals surface area contributed by atoms with Crippen LogP contribution in [0.4, 0.5) is 13.2 Å². The van der Waals surface area contributed by atoms with Gasteiger partial charge in [0.2, 0.25) is 0 Å². The Bertz CT molecular complexity index is 662. The summed E-state index contributed by atoms with van der Waals surface area (Å²) in [5.74, 6) is 0.229. The van der Waals surface area contributed by atoms with E-state index >= 15 is 0 Å². The van der Waals surface area contributed by atoms with Gasteiger partial charge in [-0.3, -0.25) is 9.89 Å². The molecule has 1 aliphatic heterocycles. The summed E-state index contributed by atoms with van der Waals surface area (Å²) >= 11 is 0. The van der Waals surface area contributed by atoms with E-state index < -0.39 is 12.7 Å². The molecule has 28 heavy (non-hydrogen) atoms. The molecule has 0 aliphatic carbocycles. The van der Waals surface area contributed by atoms with Gasteiger partial charge in [-0.15, -0.1) is 0 Å². The lowest BCUT2D eigenvalue weighted by Crippen LogP contribution is -2.45. The maximum atomic E-state index is 12.5. The van der Waals surface area contributed by atoms with Crippen molar-refractivity contribution < 1.29 is 22.7 Å². The summed E-state index contributed by atoms with van der Waals surface area (Å²) in [6.45, 7) is 3.01. The van der Waals surface area contributed by atoms with Gasteiger partial charge in [0.05, 0.1) is 19.2 Å². The summed E-state index contributed by atoms with van der Waals surface area (Å²) < 4.78 is 42.2. The Hall–Kier alpha value is -2.29. The van der Waals surface area contributed by atoms with Crippen molar-refractivity contribution in [2.75, 3.05) is 39.8 Å². The molecule has 156 valence electrons. The first-order valence-corrected chi connectivity index (χ1v) is 9.32. The third-order valence-electron chi connectivity index (χ3n) is 4.41. The molecule has 0 amide bonds. The Morgan fingerprint density at radius 2 is 2.04 bits per heavy atom. The van der Waals surface area contributed by atoms with E-state index in [0.29, 0.717) is 50.5 Å². The lowest BCUT2D eigenvalue weighted by Gasteiger charge is -2.19. The lowest BCUT2D eigenvalue weighted by molar-refractivity contribution is -0.143. The van der Waals surface area contributed by atoms with Gasteiger partial charge in [0.1, 0.15) is 0 Å². The van der Waals surface area contributed by atoms with E-state index in [4.69, 9.17) is 0 Å². The number of hydrogen-bond acceptors (Lipinski definition) is 4. The molecule has 1 heterocycles. The van der Waals surface area contributed by atoms with Crippen LogP contribution in [0, 0.1) is 0 Å². The maximum Gasteiger partial charge on any atom is 0.401 e. The largest absolute Gasteiger partial charge is 0.465 e. The number of rotatable bonds is 7. The number of aliphatic imine (C=N–C) groups is 1. The molecule has 0 spiro atoms. The van der Waals surface area contributed by atoms with Gasteiger partial charge in [-0.2, -0.15) is 13.2 Å². The minimum atomic E-state index is -4.17. The van der Waals surface area contributed by atoms with Gasteiger partial charge < -0.3 is 15.4 Å². The van der Waals surface area contributed by atoms with E-state index in [1.54, 1.807) is 12.1 Å². The maximum absolute atomic E-state index is 12.5. The number of likely N-dealkylation sites (tertiary alicyclic amines) is 1. The number of guanidine groups is 1. The zero-order valence-electron chi connectivity index (χ0n) is 16.2. The monoisotopic (exact) mass is 400 g/mol. The predicted molar refractivity (Wildman–Crippen MR) is 101 cm³/mol. The lowest BCUT2D eigenvalue weighted by atomic mass is 10.1. The second kappa shape index (κ2) is 10.3. The van der Waals surface area contributed by atoms with E-state index in [9.17, 15) is 18.0 Å². The number of esters is 1. The normalized spacial score (nSPS) is 18.2. The van der Waals surface area contributed by atoms with Gasteiger partial charge in [-0.05, 0) is 37.5 Å². The van der Waals surface area contributed by atoms with E-state index in [-0.39, 0.29) is 12.0 Å². The summed E-state index contributed by atoms with van der Waals surface area (Å²) in [7, 11) is 1.34. The zero-order chi connectivity index (χ0) is 20.6. The third kappa shape index (κ3) is 7.38. The molecule has 1 aliphatic rings. The number of methoxy groups -OCH3 is 1. The number of ether oxygens (including phenoxy) is 1. The number of alkyl halides is 3. The SMILES string of the molecule is CCNC(=NCCc1ccc(C(=O)OC)cc1)NC1CCN(CC(F)(F)F)C1. The fourth-order valence-electron chi connectivity index (χ4n) is 3.08. The smallest absolute Gasteiger partial charge is 0.401 e. The van der Waals surface area contributed by atoms with Crippen molar-refractivity contribution in [1.29, 1.82) is 0 Å². The second-order valence-electron chi connectivity index (χ2n) is 6.68. The first-order valence-electron chi connectivity index (χ1n) is 9.32. The Labute approximate surface area is 163 Å². The molecule has 1 saturated heterocycles. The average molecular weight is 400 g/mol. The molecule has 1 unspecified atom stereocenters. The minimum absolute atomic E-state index is 0.0560. The standard InChI is InChI=1S/C19H27F3N4O2/c1-3-23-18(25-16-9-11-26(12-16)13-19(20,21)22)24-10-8-14-4-6-15(7-5-14)17(27)28-2/h4-7,16H,3,8-13H2,1-2H3,(H2,23,24,25). The molecule has 1 aromatic rings. The fourth-order valence-corrected chi connectivity index (χ4v) is 3.08. The quantitative estimate of drug-likeness (QED) is 0.417. The number of carbonyl (C=O) groups excluding carboxylic acids is 1. The first kappa shape index (κ1) is 22.0. The highest BCUT2D eigenvalue weighted by Gasteiger charge is 2.34. The molecule has 1 aromatic carbocycles. The van der Waals surface area contributed by atoms with Crippen LogP contribution >= 0.6 is 0 Å². The van der Waals surface area contributed by atoms with Crippen LogP contribution < -0.4 is 10.6 Å². The summed E-state index contributed by atoms with van der Waals surface area (Å²) in [6, 6.07) is 7.08. The number of nitrogens with one attached hydrogen (secondary N) is 2. The van der Waals surface area contributed by atoms with Crippen LogP contribution in [0.3, 0.4) is 0 Å². The van der Waals surface area contributed by atoms with Crippen LogP contribution in [0.25, 0.3) is 0 Å². The van der Waals surface area contributed by atoms with Crippen molar-refractivity contribution in [3.63, 3.8) is 0 Å². The highest BCUT2D eigenvalue weighted by Crippen LogP contribution is 2.19. The van der Waals surface area contributed by atoms with Crippen molar-refractivity contribution >= 4 is 11.9 Å². The van der Waals surface area contributed by atoms with Gasteiger partial charge >= 0.3 is 12.1 Å². The Balaban J connectivity index is 1.84. The van der Waals surface area contributed by atoms with Gasteiger partial charge in [0, 0.05) is 32.2 Å². The van der Waals surface area contributed by atoms with Crippen molar-refractivity contribution in [2.24, 2.45) is 4.99 Å². The van der Waals surface area contributed by atoms with Crippen LogP contribution in [0.1, 0.15) is 29.3 Å². The number of nitrogens with zero attached hydrogens (tertiary/aromatic N) is 2. The Morgan fingerprint density at radius 3 is 2.64 bits per heavy atom. The molecule has 0 aromatic heterocycles. The molecule has 1 atom stereocenters. The van der Waals surface area contributed by atoms with Crippen molar-refractivity contribution in [3.8, 4) is 0 Å². The van der Waals surface area contributed by atoms with Crippen LogP contribution in [0.2, 0.25) is 0 Å². The second-order valence-corrected chi connectivity index (χ2v) is 6.68. The Morgan fingerprint density at radius 1 is 1.32 bits per heavy atom. The summed E-state index contributed by atoms with van der Waals surface area (Å²) in [5, 5.41) is 6.35. The summed E-state index contributed by atoms with van der Waals surface area (Å²) in [6.07, 6.45) is -2.84. The van der Waals surface area contributed by atoms with Crippen molar-refractivity contribution in [1.82, 2.24) is 15.5 Å². The first-order chi connectivity index (χ1) is 13.3. The molecule has 9 heteroatoms. The molecule has 1 fully saturated rings. The van der Waals surface area contributed by atoms with Crippen LogP contribution in [0.15, 0.2) is 29.3 Å². The van der Waals surface area contributed by atoms with E-state index in [2.05, 4.69) is 20.4 Å². The van der Waals surface area contributed by atoms with Crippen LogP contribution in [0.5, 0.6) is 0 Å². The van der Waals surface area contributed by atoms with Crippen molar-refractivity contribution in [2.45, 2.75) is 32.0 Å². The van der Waals surface area contributed by atoms with Gasteiger partial charge in [-0.25, -0.2) is 4.79 Å². The number of carbonyl (C=O) groups is 1. The van der Waals surface area contributed by atoms with Gasteiger partial charge in [0.25, 0.3) is 0 Å². The fraction of sp³-hybridized carbons (Fsp3) is 0.579. The van der Waals surface area contributed by atoms with Crippen LogP contribution in [-0.4, -0.2) is 68.9 Å². The molecule has 0 radical (unpaired) electrons.